The number of allylic oxidation sites excluding steroid dienone is 2. The predicted octanol–water partition coefficient (Wildman–Crippen LogP) is 2.09. The Hall–Kier alpha value is -1.31. The van der Waals surface area contributed by atoms with Gasteiger partial charge in [0.2, 0.25) is 0 Å². The highest BCUT2D eigenvalue weighted by Gasteiger charge is 2.17. The van der Waals surface area contributed by atoms with Crippen molar-refractivity contribution in [3.8, 4) is 0 Å². The SMILES string of the molecule is O=C(/C=C/C1CC1)n1cccc1. The van der Waals surface area contributed by atoms with Gasteiger partial charge in [0.1, 0.15) is 0 Å². The van der Waals surface area contributed by atoms with E-state index in [1.54, 1.807) is 23.0 Å². The molecule has 1 aromatic rings. The number of hydrogen-bond donors (Lipinski definition) is 0. The summed E-state index contributed by atoms with van der Waals surface area (Å²) in [7, 11) is 0. The third-order valence-electron chi connectivity index (χ3n) is 1.99. The standard InChI is InChI=1S/C10H11NO/c12-10(6-5-9-3-4-9)11-7-1-2-8-11/h1-2,5-9H,3-4H2/b6-5+. The van der Waals surface area contributed by atoms with Gasteiger partial charge < -0.3 is 0 Å². The van der Waals surface area contributed by atoms with Crippen LogP contribution in [0.5, 0.6) is 0 Å². The molecular weight excluding hydrogens is 150 g/mol. The first-order chi connectivity index (χ1) is 5.86. The van der Waals surface area contributed by atoms with Gasteiger partial charge in [-0.25, -0.2) is 0 Å². The molecule has 0 N–H and O–H groups in total. The molecule has 1 heterocycles. The molecule has 0 bridgehead atoms. The van der Waals surface area contributed by atoms with Crippen molar-refractivity contribution in [1.29, 1.82) is 0 Å². The maximum absolute atomic E-state index is 11.3. The molecule has 1 saturated carbocycles. The number of nitrogens with zero attached hydrogens (tertiary/aromatic N) is 1. The molecule has 2 heteroatoms. The molecule has 2 nitrogen and oxygen atoms in total. The largest absolute Gasteiger partial charge is 0.291 e. The van der Waals surface area contributed by atoms with E-state index in [9.17, 15) is 4.79 Å². The van der Waals surface area contributed by atoms with Gasteiger partial charge in [-0.3, -0.25) is 9.36 Å². The van der Waals surface area contributed by atoms with Crippen LogP contribution < -0.4 is 0 Å². The third kappa shape index (κ3) is 1.64. The lowest BCUT2D eigenvalue weighted by Gasteiger charge is -1.92. The monoisotopic (exact) mass is 161 g/mol. The predicted molar refractivity (Wildman–Crippen MR) is 46.9 cm³/mol. The Bertz CT molecular complexity index is 294. The van der Waals surface area contributed by atoms with Crippen molar-refractivity contribution in [1.82, 2.24) is 4.57 Å². The fraction of sp³-hybridized carbons (Fsp3) is 0.300. The Kier molecular flexibility index (Phi) is 1.82. The Morgan fingerprint density at radius 1 is 1.33 bits per heavy atom. The zero-order chi connectivity index (χ0) is 8.39. The molecule has 0 aliphatic heterocycles. The van der Waals surface area contributed by atoms with Crippen LogP contribution in [0, 0.1) is 5.92 Å². The first-order valence-electron chi connectivity index (χ1n) is 4.22. The van der Waals surface area contributed by atoms with E-state index >= 15 is 0 Å². The van der Waals surface area contributed by atoms with Gasteiger partial charge in [0, 0.05) is 18.5 Å². The molecule has 0 unspecified atom stereocenters. The summed E-state index contributed by atoms with van der Waals surface area (Å²) in [5.74, 6) is 0.719. The number of hydrogen-bond acceptors (Lipinski definition) is 1. The molecule has 1 aliphatic rings. The highest BCUT2D eigenvalue weighted by molar-refractivity contribution is 5.89. The molecule has 0 radical (unpaired) electrons. The molecular formula is C10H11NO. The second-order valence-electron chi connectivity index (χ2n) is 3.13. The molecule has 0 atom stereocenters. The Labute approximate surface area is 71.5 Å². The minimum absolute atomic E-state index is 0.0481. The molecule has 0 spiro atoms. The van der Waals surface area contributed by atoms with Gasteiger partial charge in [-0.15, -0.1) is 0 Å². The fourth-order valence-corrected chi connectivity index (χ4v) is 1.07. The van der Waals surface area contributed by atoms with E-state index < -0.39 is 0 Å². The van der Waals surface area contributed by atoms with Crippen molar-refractivity contribution >= 4 is 5.91 Å². The Morgan fingerprint density at radius 3 is 2.58 bits per heavy atom. The van der Waals surface area contributed by atoms with Crippen LogP contribution in [0.25, 0.3) is 0 Å². The first-order valence-corrected chi connectivity index (χ1v) is 4.22. The highest BCUT2D eigenvalue weighted by atomic mass is 16.1. The summed E-state index contributed by atoms with van der Waals surface area (Å²) in [6.45, 7) is 0. The summed E-state index contributed by atoms with van der Waals surface area (Å²) >= 11 is 0. The minimum Gasteiger partial charge on any atom is -0.291 e. The van der Waals surface area contributed by atoms with Gasteiger partial charge in [-0.05, 0) is 30.9 Å². The summed E-state index contributed by atoms with van der Waals surface area (Å²) in [6, 6.07) is 3.70. The molecule has 1 aliphatic carbocycles. The molecule has 1 fully saturated rings. The summed E-state index contributed by atoms with van der Waals surface area (Å²) in [5, 5.41) is 0. The van der Waals surface area contributed by atoms with E-state index in [0.717, 1.165) is 0 Å². The van der Waals surface area contributed by atoms with Crippen LogP contribution >= 0.6 is 0 Å². The van der Waals surface area contributed by atoms with Crippen LogP contribution in [0.2, 0.25) is 0 Å². The van der Waals surface area contributed by atoms with Crippen molar-refractivity contribution < 1.29 is 4.79 Å². The molecule has 12 heavy (non-hydrogen) atoms. The second-order valence-corrected chi connectivity index (χ2v) is 3.13. The van der Waals surface area contributed by atoms with E-state index in [2.05, 4.69) is 0 Å². The van der Waals surface area contributed by atoms with Crippen LogP contribution in [0.1, 0.15) is 17.6 Å². The molecule has 0 amide bonds. The topological polar surface area (TPSA) is 22.0 Å². The average Bonchev–Trinajstić information content (AvgIpc) is 2.74. The molecule has 62 valence electrons. The van der Waals surface area contributed by atoms with Crippen LogP contribution in [0.3, 0.4) is 0 Å². The van der Waals surface area contributed by atoms with Crippen molar-refractivity contribution in [2.24, 2.45) is 5.92 Å². The maximum Gasteiger partial charge on any atom is 0.254 e. The average molecular weight is 161 g/mol. The van der Waals surface area contributed by atoms with E-state index in [4.69, 9.17) is 0 Å². The highest BCUT2D eigenvalue weighted by Crippen LogP contribution is 2.29. The quantitative estimate of drug-likeness (QED) is 0.609. The van der Waals surface area contributed by atoms with Gasteiger partial charge in [0.25, 0.3) is 5.91 Å². The Balaban J connectivity index is 2.00. The molecule has 1 aromatic heterocycles. The van der Waals surface area contributed by atoms with E-state index in [-0.39, 0.29) is 5.91 Å². The maximum atomic E-state index is 11.3. The second kappa shape index (κ2) is 2.97. The first kappa shape index (κ1) is 7.35. The molecule has 0 aromatic carbocycles. The lowest BCUT2D eigenvalue weighted by molar-refractivity contribution is 0.0969. The van der Waals surface area contributed by atoms with Gasteiger partial charge in [-0.2, -0.15) is 0 Å². The van der Waals surface area contributed by atoms with Crippen LogP contribution in [0.15, 0.2) is 36.7 Å². The number of carbonyl (C=O) groups is 1. The van der Waals surface area contributed by atoms with Gasteiger partial charge in [0.15, 0.2) is 0 Å². The third-order valence-corrected chi connectivity index (χ3v) is 1.99. The summed E-state index contributed by atoms with van der Waals surface area (Å²) in [4.78, 5) is 11.3. The number of carbonyl (C=O) groups excluding carboxylic acids is 1. The van der Waals surface area contributed by atoms with Crippen molar-refractivity contribution in [3.63, 3.8) is 0 Å². The zero-order valence-electron chi connectivity index (χ0n) is 6.81. The minimum atomic E-state index is 0.0481. The van der Waals surface area contributed by atoms with E-state index in [1.807, 2.05) is 18.2 Å². The van der Waals surface area contributed by atoms with E-state index in [0.29, 0.717) is 5.92 Å². The normalized spacial score (nSPS) is 17.0. The zero-order valence-corrected chi connectivity index (χ0v) is 6.81. The summed E-state index contributed by atoms with van der Waals surface area (Å²) in [6.07, 6.45) is 9.68. The summed E-state index contributed by atoms with van der Waals surface area (Å²) in [5.41, 5.74) is 0. The van der Waals surface area contributed by atoms with Gasteiger partial charge >= 0.3 is 0 Å². The lowest BCUT2D eigenvalue weighted by Crippen LogP contribution is -2.03. The van der Waals surface area contributed by atoms with Gasteiger partial charge in [0.05, 0.1) is 0 Å². The Morgan fingerprint density at radius 2 is 2.00 bits per heavy atom. The van der Waals surface area contributed by atoms with Crippen LogP contribution in [-0.2, 0) is 0 Å². The van der Waals surface area contributed by atoms with Crippen molar-refractivity contribution in [2.45, 2.75) is 12.8 Å². The fourth-order valence-electron chi connectivity index (χ4n) is 1.07. The van der Waals surface area contributed by atoms with Crippen molar-refractivity contribution in [3.05, 3.63) is 36.7 Å². The number of aromatic nitrogens is 1. The summed E-state index contributed by atoms with van der Waals surface area (Å²) < 4.78 is 1.58. The van der Waals surface area contributed by atoms with Gasteiger partial charge in [-0.1, -0.05) is 6.08 Å². The van der Waals surface area contributed by atoms with Crippen LogP contribution in [-0.4, -0.2) is 10.5 Å². The van der Waals surface area contributed by atoms with Crippen LogP contribution in [0.4, 0.5) is 0 Å². The number of rotatable bonds is 2. The van der Waals surface area contributed by atoms with E-state index in [1.165, 1.54) is 12.8 Å². The molecule has 0 saturated heterocycles. The van der Waals surface area contributed by atoms with Crippen molar-refractivity contribution in [2.75, 3.05) is 0 Å². The lowest BCUT2D eigenvalue weighted by atomic mass is 10.3. The molecule has 2 rings (SSSR count). The smallest absolute Gasteiger partial charge is 0.254 e.